The van der Waals surface area contributed by atoms with Crippen molar-refractivity contribution in [3.8, 4) is 0 Å². The second kappa shape index (κ2) is 4.12. The first-order valence-corrected chi connectivity index (χ1v) is 2.28. The summed E-state index contributed by atoms with van der Waals surface area (Å²) < 4.78 is 0. The maximum atomic E-state index is 9.66. The van der Waals surface area contributed by atoms with Crippen molar-refractivity contribution < 1.29 is 9.90 Å². The van der Waals surface area contributed by atoms with E-state index in [0.717, 1.165) is 0 Å². The average molecular weight is 112 g/mol. The Kier molecular flexibility index (Phi) is 3.58. The summed E-state index contributed by atoms with van der Waals surface area (Å²) in [5.74, 6) is -0.247. The third-order valence-corrected chi connectivity index (χ3v) is 0.580. The Morgan fingerprint density at radius 1 is 1.62 bits per heavy atom. The minimum atomic E-state index is -0.247. The summed E-state index contributed by atoms with van der Waals surface area (Å²) in [5, 5.41) is 8.43. The van der Waals surface area contributed by atoms with E-state index in [1.54, 1.807) is 19.1 Å². The lowest BCUT2D eigenvalue weighted by Gasteiger charge is -1.77. The van der Waals surface area contributed by atoms with Gasteiger partial charge >= 0.3 is 0 Å². The Hall–Kier alpha value is -1.05. The summed E-state index contributed by atoms with van der Waals surface area (Å²) in [6.45, 7) is 1.80. The van der Waals surface area contributed by atoms with Crippen LogP contribution in [0.5, 0.6) is 0 Å². The molecule has 0 bridgehead atoms. The van der Waals surface area contributed by atoms with E-state index in [9.17, 15) is 4.79 Å². The molecule has 2 nitrogen and oxygen atoms in total. The number of hydrogen-bond acceptors (Lipinski definition) is 2. The van der Waals surface area contributed by atoms with Crippen molar-refractivity contribution in [1.82, 2.24) is 0 Å². The number of carbonyl (C=O) groups is 1. The molecule has 0 rings (SSSR count). The van der Waals surface area contributed by atoms with Crippen LogP contribution in [0.4, 0.5) is 0 Å². The van der Waals surface area contributed by atoms with Gasteiger partial charge in [-0.1, -0.05) is 12.2 Å². The van der Waals surface area contributed by atoms with Crippen LogP contribution in [0.15, 0.2) is 24.0 Å². The largest absolute Gasteiger partial charge is 0.505 e. The highest BCUT2D eigenvalue weighted by Crippen LogP contribution is 1.81. The van der Waals surface area contributed by atoms with E-state index in [-0.39, 0.29) is 5.76 Å². The van der Waals surface area contributed by atoms with Gasteiger partial charge in [0, 0.05) is 0 Å². The molecule has 0 aromatic heterocycles. The van der Waals surface area contributed by atoms with Crippen molar-refractivity contribution >= 4 is 6.29 Å². The van der Waals surface area contributed by atoms with E-state index in [4.69, 9.17) is 5.11 Å². The third-order valence-electron chi connectivity index (χ3n) is 0.580. The smallest absolute Gasteiger partial charge is 0.184 e. The highest BCUT2D eigenvalue weighted by Gasteiger charge is 1.78. The quantitative estimate of drug-likeness (QED) is 0.252. The normalized spacial score (nSPS) is 12.4. The van der Waals surface area contributed by atoms with Gasteiger partial charge in [-0.05, 0) is 13.0 Å². The van der Waals surface area contributed by atoms with Gasteiger partial charge in [-0.25, -0.2) is 0 Å². The van der Waals surface area contributed by atoms with Crippen molar-refractivity contribution in [3.05, 3.63) is 24.0 Å². The third kappa shape index (κ3) is 3.15. The summed E-state index contributed by atoms with van der Waals surface area (Å²) in [4.78, 5) is 9.66. The molecule has 2 heteroatoms. The van der Waals surface area contributed by atoms with Crippen LogP contribution in [0.2, 0.25) is 0 Å². The molecule has 0 fully saturated rings. The van der Waals surface area contributed by atoms with Gasteiger partial charge in [-0.2, -0.15) is 0 Å². The molecule has 0 amide bonds. The molecule has 0 aromatic rings. The Labute approximate surface area is 48.1 Å². The van der Waals surface area contributed by atoms with Crippen molar-refractivity contribution in [3.63, 3.8) is 0 Å². The van der Waals surface area contributed by atoms with Crippen LogP contribution in [0.1, 0.15) is 6.92 Å². The molecular weight excluding hydrogens is 104 g/mol. The lowest BCUT2D eigenvalue weighted by Crippen LogP contribution is -1.76. The standard InChI is InChI=1S/C6H8O2/c1-2-3-4-6(8)5-7/h2-5,8H,1H3/b3-2-,6-4-. The molecule has 0 aliphatic heterocycles. The number of aliphatic hydroxyl groups is 1. The van der Waals surface area contributed by atoms with E-state index >= 15 is 0 Å². The Bertz CT molecular complexity index is 122. The van der Waals surface area contributed by atoms with Crippen LogP contribution in [0, 0.1) is 0 Å². The zero-order valence-corrected chi connectivity index (χ0v) is 4.66. The van der Waals surface area contributed by atoms with Gasteiger partial charge in [-0.3, -0.25) is 4.79 Å². The molecule has 44 valence electrons. The second-order valence-electron chi connectivity index (χ2n) is 1.24. The minimum Gasteiger partial charge on any atom is -0.505 e. The molecule has 8 heavy (non-hydrogen) atoms. The van der Waals surface area contributed by atoms with Gasteiger partial charge < -0.3 is 5.11 Å². The highest BCUT2D eigenvalue weighted by molar-refractivity contribution is 5.69. The van der Waals surface area contributed by atoms with Crippen molar-refractivity contribution in [2.75, 3.05) is 0 Å². The van der Waals surface area contributed by atoms with E-state index in [0.29, 0.717) is 6.29 Å². The lowest BCUT2D eigenvalue weighted by molar-refractivity contribution is -0.106. The summed E-state index contributed by atoms with van der Waals surface area (Å²) in [6, 6.07) is 0. The molecule has 1 N–H and O–H groups in total. The van der Waals surface area contributed by atoms with E-state index in [1.807, 2.05) is 0 Å². The fourth-order valence-electron chi connectivity index (χ4n) is 0.234. The monoisotopic (exact) mass is 112 g/mol. The molecule has 0 spiro atoms. The number of hydrogen-bond donors (Lipinski definition) is 1. The van der Waals surface area contributed by atoms with Crippen LogP contribution < -0.4 is 0 Å². The van der Waals surface area contributed by atoms with Crippen LogP contribution in [0.3, 0.4) is 0 Å². The Balaban J connectivity index is 3.74. The summed E-state index contributed by atoms with van der Waals surface area (Å²) in [6.07, 6.45) is 5.02. The predicted molar refractivity (Wildman–Crippen MR) is 31.6 cm³/mol. The predicted octanol–water partition coefficient (Wildman–Crippen LogP) is 1.20. The van der Waals surface area contributed by atoms with E-state index < -0.39 is 0 Å². The maximum absolute atomic E-state index is 9.66. The molecule has 0 saturated carbocycles. The maximum Gasteiger partial charge on any atom is 0.184 e. The molecule has 0 radical (unpaired) electrons. The zero-order valence-electron chi connectivity index (χ0n) is 4.66. The lowest BCUT2D eigenvalue weighted by atomic mass is 10.4. The molecule has 0 atom stereocenters. The van der Waals surface area contributed by atoms with Gasteiger partial charge in [0.25, 0.3) is 0 Å². The van der Waals surface area contributed by atoms with Crippen LogP contribution in [0.25, 0.3) is 0 Å². The molecule has 0 unspecified atom stereocenters. The van der Waals surface area contributed by atoms with Gasteiger partial charge in [-0.15, -0.1) is 0 Å². The van der Waals surface area contributed by atoms with Crippen LogP contribution >= 0.6 is 0 Å². The Morgan fingerprint density at radius 2 is 2.25 bits per heavy atom. The zero-order chi connectivity index (χ0) is 6.41. The first-order chi connectivity index (χ1) is 3.81. The summed E-state index contributed by atoms with van der Waals surface area (Å²) in [5.41, 5.74) is 0. The fraction of sp³-hybridized carbons (Fsp3) is 0.167. The van der Waals surface area contributed by atoms with E-state index in [1.165, 1.54) is 6.08 Å². The van der Waals surface area contributed by atoms with Crippen molar-refractivity contribution in [2.45, 2.75) is 6.92 Å². The van der Waals surface area contributed by atoms with Crippen LogP contribution in [-0.2, 0) is 4.79 Å². The van der Waals surface area contributed by atoms with E-state index in [2.05, 4.69) is 0 Å². The minimum absolute atomic E-state index is 0.247. The average Bonchev–Trinajstić information content (AvgIpc) is 1.83. The summed E-state index contributed by atoms with van der Waals surface area (Å²) >= 11 is 0. The fourth-order valence-corrected chi connectivity index (χ4v) is 0.234. The molecule has 0 aromatic carbocycles. The number of carbonyl (C=O) groups excluding carboxylic acids is 1. The van der Waals surface area contributed by atoms with Gasteiger partial charge in [0.2, 0.25) is 0 Å². The molecule has 0 saturated heterocycles. The molecular formula is C6H8O2. The molecule has 0 aliphatic rings. The summed E-state index contributed by atoms with van der Waals surface area (Å²) in [7, 11) is 0. The first-order valence-electron chi connectivity index (χ1n) is 2.28. The second-order valence-corrected chi connectivity index (χ2v) is 1.24. The number of allylic oxidation sites excluding steroid dienone is 4. The first kappa shape index (κ1) is 6.95. The molecule has 0 heterocycles. The van der Waals surface area contributed by atoms with Crippen molar-refractivity contribution in [2.24, 2.45) is 0 Å². The van der Waals surface area contributed by atoms with Gasteiger partial charge in [0.05, 0.1) is 0 Å². The highest BCUT2D eigenvalue weighted by atomic mass is 16.3. The van der Waals surface area contributed by atoms with Gasteiger partial charge in [0.15, 0.2) is 12.0 Å². The number of aliphatic hydroxyl groups excluding tert-OH is 1. The van der Waals surface area contributed by atoms with Crippen molar-refractivity contribution in [1.29, 1.82) is 0 Å². The Morgan fingerprint density at radius 3 is 2.62 bits per heavy atom. The topological polar surface area (TPSA) is 37.3 Å². The molecule has 0 aliphatic carbocycles. The number of aldehydes is 1. The van der Waals surface area contributed by atoms with Gasteiger partial charge in [0.1, 0.15) is 0 Å². The van der Waals surface area contributed by atoms with Crippen LogP contribution in [-0.4, -0.2) is 11.4 Å². The number of rotatable bonds is 2. The SMILES string of the molecule is C/C=C\C=C(/O)C=O.